The number of hydrogen-bond acceptors (Lipinski definition) is 6. The number of nitrogens with one attached hydrogen (secondary N) is 1. The maximum atomic E-state index is 13.6. The number of carbonyl (C=O) groups is 2. The summed E-state index contributed by atoms with van der Waals surface area (Å²) in [5, 5.41) is 23.4. The number of halogens is 1. The molecule has 1 fully saturated rings. The first-order valence-electron chi connectivity index (χ1n) is 13.0. The molecule has 8 nitrogen and oxygen atoms in total. The lowest BCUT2D eigenvalue weighted by Crippen LogP contribution is -2.54. The number of carbonyl (C=O) groups excluding carboxylic acids is 2. The highest BCUT2D eigenvalue weighted by atomic mass is 127. The van der Waals surface area contributed by atoms with Crippen molar-refractivity contribution < 1.29 is 29.0 Å². The number of nitrogens with zero attached hydrogens (tertiary/aromatic N) is 1. The van der Waals surface area contributed by atoms with Crippen LogP contribution in [0.4, 0.5) is 0 Å². The van der Waals surface area contributed by atoms with Crippen LogP contribution in [0.1, 0.15) is 50.5 Å². The van der Waals surface area contributed by atoms with Gasteiger partial charge in [0.15, 0.2) is 0 Å². The molecule has 0 spiro atoms. The summed E-state index contributed by atoms with van der Waals surface area (Å²) in [6, 6.07) is 8.59. The SMILES string of the molecule is O=C(NCCO)C1=C[C@H](Oc2ccccc2I)[C@@H](O)[C@H](N(Cc2ccoc2)C(=O)CCC2CCCC2)C1. The van der Waals surface area contributed by atoms with Gasteiger partial charge in [-0.15, -0.1) is 0 Å². The Morgan fingerprint density at radius 2 is 1.97 bits per heavy atom. The molecule has 0 saturated heterocycles. The molecule has 1 saturated carbocycles. The molecule has 2 aliphatic carbocycles. The molecule has 9 heteroatoms. The van der Waals surface area contributed by atoms with Crippen molar-refractivity contribution in [3.05, 3.63) is 63.6 Å². The first-order chi connectivity index (χ1) is 18.0. The molecule has 2 aliphatic rings. The number of amides is 2. The summed E-state index contributed by atoms with van der Waals surface area (Å²) >= 11 is 2.16. The Kier molecular flexibility index (Phi) is 10.0. The third-order valence-corrected chi connectivity index (χ3v) is 8.10. The second-order valence-electron chi connectivity index (χ2n) is 9.79. The number of hydrogen-bond donors (Lipinski definition) is 3. The van der Waals surface area contributed by atoms with Gasteiger partial charge < -0.3 is 29.6 Å². The Morgan fingerprint density at radius 3 is 2.68 bits per heavy atom. The van der Waals surface area contributed by atoms with Crippen molar-refractivity contribution in [1.29, 1.82) is 0 Å². The second kappa shape index (κ2) is 13.4. The van der Waals surface area contributed by atoms with Crippen LogP contribution in [0.2, 0.25) is 0 Å². The number of aliphatic hydroxyl groups excluding tert-OH is 2. The number of para-hydroxylation sites is 1. The van der Waals surface area contributed by atoms with Gasteiger partial charge in [-0.25, -0.2) is 0 Å². The van der Waals surface area contributed by atoms with Gasteiger partial charge in [0.1, 0.15) is 18.0 Å². The van der Waals surface area contributed by atoms with Crippen LogP contribution in [-0.4, -0.2) is 58.3 Å². The van der Waals surface area contributed by atoms with Crippen LogP contribution in [0.15, 0.2) is 58.9 Å². The molecular formula is C28H35IN2O6. The van der Waals surface area contributed by atoms with Crippen molar-refractivity contribution in [2.45, 2.75) is 69.7 Å². The molecule has 3 N–H and O–H groups in total. The minimum Gasteiger partial charge on any atom is -0.482 e. The van der Waals surface area contributed by atoms with Crippen molar-refractivity contribution in [3.8, 4) is 5.75 Å². The third kappa shape index (κ3) is 7.36. The molecule has 2 amide bonds. The Labute approximate surface area is 231 Å². The van der Waals surface area contributed by atoms with Crippen molar-refractivity contribution in [3.63, 3.8) is 0 Å². The molecule has 3 atom stereocenters. The van der Waals surface area contributed by atoms with E-state index >= 15 is 0 Å². The predicted molar refractivity (Wildman–Crippen MR) is 147 cm³/mol. The van der Waals surface area contributed by atoms with Crippen LogP contribution in [0.25, 0.3) is 0 Å². The monoisotopic (exact) mass is 622 g/mol. The van der Waals surface area contributed by atoms with Gasteiger partial charge in [0.05, 0.1) is 28.7 Å². The van der Waals surface area contributed by atoms with Gasteiger partial charge in [-0.3, -0.25) is 9.59 Å². The van der Waals surface area contributed by atoms with Crippen LogP contribution in [-0.2, 0) is 16.1 Å². The van der Waals surface area contributed by atoms with E-state index < -0.39 is 18.2 Å². The average molecular weight is 622 g/mol. The summed E-state index contributed by atoms with van der Waals surface area (Å²) in [4.78, 5) is 28.2. The van der Waals surface area contributed by atoms with E-state index in [0.29, 0.717) is 23.7 Å². The number of furan rings is 1. The van der Waals surface area contributed by atoms with E-state index in [1.807, 2.05) is 24.3 Å². The number of ether oxygens (including phenoxy) is 1. The fourth-order valence-electron chi connectivity index (χ4n) is 5.21. The molecule has 0 aliphatic heterocycles. The van der Waals surface area contributed by atoms with E-state index in [4.69, 9.17) is 9.15 Å². The largest absolute Gasteiger partial charge is 0.482 e. The van der Waals surface area contributed by atoms with Gasteiger partial charge >= 0.3 is 0 Å². The third-order valence-electron chi connectivity index (χ3n) is 7.21. The molecule has 1 aromatic heterocycles. The molecule has 1 heterocycles. The number of rotatable bonds is 11. The van der Waals surface area contributed by atoms with Gasteiger partial charge in [-0.05, 0) is 59.2 Å². The van der Waals surface area contributed by atoms with Crippen molar-refractivity contribution in [2.24, 2.45) is 5.92 Å². The van der Waals surface area contributed by atoms with Crippen molar-refractivity contribution in [1.82, 2.24) is 10.2 Å². The Balaban J connectivity index is 1.60. The molecule has 200 valence electrons. The Morgan fingerprint density at radius 1 is 1.19 bits per heavy atom. The van der Waals surface area contributed by atoms with Crippen LogP contribution >= 0.6 is 22.6 Å². The van der Waals surface area contributed by atoms with Gasteiger partial charge in [0.2, 0.25) is 11.8 Å². The lowest BCUT2D eigenvalue weighted by molar-refractivity contribution is -0.139. The summed E-state index contributed by atoms with van der Waals surface area (Å²) in [5.41, 5.74) is 1.23. The summed E-state index contributed by atoms with van der Waals surface area (Å²) in [6.07, 6.45) is 9.05. The molecule has 0 bridgehead atoms. The fraction of sp³-hybridized carbons (Fsp3) is 0.500. The first kappa shape index (κ1) is 27.7. The lowest BCUT2D eigenvalue weighted by Gasteiger charge is -2.40. The lowest BCUT2D eigenvalue weighted by atomic mass is 9.87. The Hall–Kier alpha value is -2.37. The summed E-state index contributed by atoms with van der Waals surface area (Å²) in [6.45, 7) is 0.201. The van der Waals surface area contributed by atoms with E-state index in [1.54, 1.807) is 29.6 Å². The van der Waals surface area contributed by atoms with Crippen molar-refractivity contribution in [2.75, 3.05) is 13.2 Å². The zero-order valence-corrected chi connectivity index (χ0v) is 23.0. The zero-order chi connectivity index (χ0) is 26.2. The van der Waals surface area contributed by atoms with E-state index in [-0.39, 0.29) is 37.9 Å². The predicted octanol–water partition coefficient (Wildman–Crippen LogP) is 3.80. The molecule has 4 rings (SSSR count). The van der Waals surface area contributed by atoms with Crippen LogP contribution in [0, 0.1) is 9.49 Å². The highest BCUT2D eigenvalue weighted by Crippen LogP contribution is 2.32. The summed E-state index contributed by atoms with van der Waals surface area (Å²) in [7, 11) is 0. The van der Waals surface area contributed by atoms with E-state index in [0.717, 1.165) is 28.4 Å². The van der Waals surface area contributed by atoms with E-state index in [9.17, 15) is 19.8 Å². The van der Waals surface area contributed by atoms with Crippen molar-refractivity contribution >= 4 is 34.4 Å². The number of aliphatic hydroxyl groups is 2. The maximum Gasteiger partial charge on any atom is 0.247 e. The minimum absolute atomic E-state index is 0.0535. The van der Waals surface area contributed by atoms with Gasteiger partial charge in [0.25, 0.3) is 0 Å². The highest BCUT2D eigenvalue weighted by molar-refractivity contribution is 14.1. The zero-order valence-electron chi connectivity index (χ0n) is 20.9. The Bertz CT molecular complexity index is 1070. The highest BCUT2D eigenvalue weighted by Gasteiger charge is 2.40. The quantitative estimate of drug-likeness (QED) is 0.329. The molecule has 1 aromatic carbocycles. The fourth-order valence-corrected chi connectivity index (χ4v) is 5.72. The molecule has 0 unspecified atom stereocenters. The molecule has 0 radical (unpaired) electrons. The average Bonchev–Trinajstić information content (AvgIpc) is 3.61. The van der Waals surface area contributed by atoms with Crippen LogP contribution in [0.5, 0.6) is 5.75 Å². The maximum absolute atomic E-state index is 13.6. The molecular weight excluding hydrogens is 587 g/mol. The van der Waals surface area contributed by atoms with E-state index in [1.165, 1.54) is 12.8 Å². The molecule has 2 aromatic rings. The topological polar surface area (TPSA) is 112 Å². The van der Waals surface area contributed by atoms with Gasteiger partial charge in [-0.1, -0.05) is 37.8 Å². The van der Waals surface area contributed by atoms with Gasteiger partial charge in [-0.2, -0.15) is 0 Å². The minimum atomic E-state index is -1.05. The second-order valence-corrected chi connectivity index (χ2v) is 11.0. The smallest absolute Gasteiger partial charge is 0.247 e. The standard InChI is InChI=1S/C28H35IN2O6/c29-22-7-3-4-8-24(22)37-25-16-21(28(35)30-12-13-32)15-23(27(25)34)31(17-20-11-14-36-18-20)26(33)10-9-19-5-1-2-6-19/h3-4,7-8,11,14,16,18-19,23,25,27,32,34H,1-2,5-6,9-10,12-13,15,17H2,(H,30,35)/t23-,25+,27+/m1/s1. The summed E-state index contributed by atoms with van der Waals surface area (Å²) in [5.74, 6) is 0.756. The van der Waals surface area contributed by atoms with Crippen LogP contribution < -0.4 is 10.1 Å². The van der Waals surface area contributed by atoms with E-state index in [2.05, 4.69) is 27.9 Å². The normalized spacial score (nSPS) is 21.9. The molecule has 37 heavy (non-hydrogen) atoms. The van der Waals surface area contributed by atoms with Crippen LogP contribution in [0.3, 0.4) is 0 Å². The number of benzene rings is 1. The summed E-state index contributed by atoms with van der Waals surface area (Å²) < 4.78 is 12.3. The first-order valence-corrected chi connectivity index (χ1v) is 14.0. The van der Waals surface area contributed by atoms with Gasteiger partial charge in [0, 0.05) is 37.1 Å².